The number of hydrogen-bond acceptors (Lipinski definition) is 9. The maximum atomic E-state index is 11.5. The van der Waals surface area contributed by atoms with Gasteiger partial charge in [-0.3, -0.25) is 9.80 Å². The van der Waals surface area contributed by atoms with E-state index in [1.165, 1.54) is 16.7 Å². The Hall–Kier alpha value is -4.60. The second-order valence-corrected chi connectivity index (χ2v) is 12.7. The molecule has 4 aromatic rings. The summed E-state index contributed by atoms with van der Waals surface area (Å²) in [6.07, 6.45) is 3.24. The van der Waals surface area contributed by atoms with Crippen LogP contribution in [0.2, 0.25) is 0 Å². The van der Waals surface area contributed by atoms with Gasteiger partial charge in [0.1, 0.15) is 5.75 Å². The minimum Gasteiger partial charge on any atom is -0.504 e. The monoisotopic (exact) mass is 638 g/mol. The number of fused-ring (bicyclic) bond motifs is 3. The third-order valence-electron chi connectivity index (χ3n) is 10.2. The van der Waals surface area contributed by atoms with Crippen molar-refractivity contribution in [2.24, 2.45) is 0 Å². The Bertz CT molecular complexity index is 1840. The van der Waals surface area contributed by atoms with Crippen LogP contribution in [0.4, 0.5) is 0 Å². The number of phenolic OH excluding ortho intramolecular Hbond substituents is 2. The highest BCUT2D eigenvalue weighted by Gasteiger charge is 2.39. The van der Waals surface area contributed by atoms with Crippen LogP contribution in [0.25, 0.3) is 11.1 Å². The summed E-state index contributed by atoms with van der Waals surface area (Å²) >= 11 is 0. The first-order valence-corrected chi connectivity index (χ1v) is 16.0. The molecular formula is C38H42N2O7. The van der Waals surface area contributed by atoms with E-state index >= 15 is 0 Å². The normalized spacial score (nSPS) is 18.5. The van der Waals surface area contributed by atoms with Gasteiger partial charge < -0.3 is 33.9 Å². The fraction of sp³-hybridized carbons (Fsp3) is 0.368. The molecule has 0 spiro atoms. The first-order chi connectivity index (χ1) is 22.8. The van der Waals surface area contributed by atoms with Crippen LogP contribution < -0.4 is 23.7 Å². The lowest BCUT2D eigenvalue weighted by Gasteiger charge is -2.41. The van der Waals surface area contributed by atoms with Crippen molar-refractivity contribution in [2.75, 3.05) is 55.6 Å². The maximum Gasteiger partial charge on any atom is 0.201 e. The largest absolute Gasteiger partial charge is 0.504 e. The Morgan fingerprint density at radius 2 is 1.45 bits per heavy atom. The summed E-state index contributed by atoms with van der Waals surface area (Å²) in [5, 5.41) is 21.8. The first kappa shape index (κ1) is 31.0. The second kappa shape index (κ2) is 12.2. The fourth-order valence-electron chi connectivity index (χ4n) is 7.70. The van der Waals surface area contributed by atoms with Crippen molar-refractivity contribution in [3.63, 3.8) is 0 Å². The predicted octanol–water partition coefficient (Wildman–Crippen LogP) is 6.45. The van der Waals surface area contributed by atoms with Crippen LogP contribution in [0.1, 0.15) is 45.5 Å². The van der Waals surface area contributed by atoms with Crippen LogP contribution in [0.3, 0.4) is 0 Å². The quantitative estimate of drug-likeness (QED) is 0.226. The second-order valence-electron chi connectivity index (χ2n) is 12.7. The maximum absolute atomic E-state index is 11.5. The third kappa shape index (κ3) is 5.18. The zero-order valence-corrected chi connectivity index (χ0v) is 27.8. The minimum absolute atomic E-state index is 0.0306. The SMILES string of the molecule is COc1cc2c(cc1O)CCN(C)[C@H]2Cc1ccc(Oc2c(O)c(OC)cc3c2C[C@@H]2c4c(cc(OC)c(OC)c4-3)CCN2C)cc1. The van der Waals surface area contributed by atoms with Crippen LogP contribution in [-0.4, -0.2) is 75.6 Å². The van der Waals surface area contributed by atoms with Gasteiger partial charge in [-0.2, -0.15) is 0 Å². The van der Waals surface area contributed by atoms with Gasteiger partial charge in [-0.1, -0.05) is 12.1 Å². The average Bonchev–Trinajstić information content (AvgIpc) is 3.08. The number of hydrogen-bond donors (Lipinski definition) is 2. The molecule has 246 valence electrons. The number of nitrogens with zero attached hydrogens (tertiary/aromatic N) is 2. The number of ether oxygens (including phenoxy) is 5. The topological polar surface area (TPSA) is 93.1 Å². The molecule has 47 heavy (non-hydrogen) atoms. The summed E-state index contributed by atoms with van der Waals surface area (Å²) in [6, 6.07) is 16.1. The van der Waals surface area contributed by atoms with Gasteiger partial charge in [-0.05, 0) is 110 Å². The van der Waals surface area contributed by atoms with Gasteiger partial charge in [0.15, 0.2) is 34.5 Å². The van der Waals surface area contributed by atoms with E-state index < -0.39 is 0 Å². The summed E-state index contributed by atoms with van der Waals surface area (Å²) in [5.41, 5.74) is 8.71. The standard InChI is InChI=1S/C38H42N2O7/c1-39-13-11-22-16-30(41)31(43-3)19-25(22)28(39)15-21-7-9-24(10-8-21)47-37-27-18-29-34-23(12-14-40(29)2)17-33(45-5)38(46-6)35(34)26(27)20-32(44-4)36(37)42/h7-10,16-17,19-20,28-29,41-42H,11-15,18H2,1-6H3/t28-,29+/m0/s1. The number of phenols is 2. The van der Waals surface area contributed by atoms with Crippen LogP contribution in [0.5, 0.6) is 46.0 Å². The number of rotatable bonds is 8. The van der Waals surface area contributed by atoms with Gasteiger partial charge in [-0.25, -0.2) is 0 Å². The summed E-state index contributed by atoms with van der Waals surface area (Å²) in [5.74, 6) is 3.32. The van der Waals surface area contributed by atoms with Crippen molar-refractivity contribution in [1.82, 2.24) is 9.80 Å². The third-order valence-corrected chi connectivity index (χ3v) is 10.2. The lowest BCUT2D eigenvalue weighted by molar-refractivity contribution is 0.225. The van der Waals surface area contributed by atoms with E-state index in [1.807, 2.05) is 30.3 Å². The van der Waals surface area contributed by atoms with Gasteiger partial charge in [0, 0.05) is 36.3 Å². The Kier molecular flexibility index (Phi) is 8.06. The molecule has 0 saturated heterocycles. The van der Waals surface area contributed by atoms with Gasteiger partial charge >= 0.3 is 0 Å². The van der Waals surface area contributed by atoms with Crippen molar-refractivity contribution in [3.8, 4) is 57.1 Å². The van der Waals surface area contributed by atoms with E-state index in [-0.39, 0.29) is 23.6 Å². The van der Waals surface area contributed by atoms with Crippen molar-refractivity contribution in [1.29, 1.82) is 0 Å². The molecule has 7 rings (SSSR count). The first-order valence-electron chi connectivity index (χ1n) is 16.0. The number of aromatic hydroxyl groups is 2. The number of methoxy groups -OCH3 is 4. The molecule has 0 saturated carbocycles. The molecule has 4 aromatic carbocycles. The molecule has 0 aromatic heterocycles. The number of likely N-dealkylation sites (N-methyl/N-ethyl adjacent to an activating group) is 2. The van der Waals surface area contributed by atoms with Crippen molar-refractivity contribution in [2.45, 2.75) is 37.8 Å². The highest BCUT2D eigenvalue weighted by atomic mass is 16.5. The Morgan fingerprint density at radius 3 is 2.15 bits per heavy atom. The van der Waals surface area contributed by atoms with E-state index in [0.29, 0.717) is 40.9 Å². The summed E-state index contributed by atoms with van der Waals surface area (Å²) < 4.78 is 29.4. The molecule has 9 heteroatoms. The molecule has 3 aliphatic rings. The molecule has 1 aliphatic carbocycles. The van der Waals surface area contributed by atoms with Crippen LogP contribution in [-0.2, 0) is 25.7 Å². The van der Waals surface area contributed by atoms with Crippen LogP contribution >= 0.6 is 0 Å². The minimum atomic E-state index is -0.0306. The Morgan fingerprint density at radius 1 is 0.745 bits per heavy atom. The molecular weight excluding hydrogens is 596 g/mol. The molecule has 0 fully saturated rings. The highest BCUT2D eigenvalue weighted by Crippen LogP contribution is 2.57. The molecule has 2 aliphatic heterocycles. The molecule has 2 N–H and O–H groups in total. The highest BCUT2D eigenvalue weighted by molar-refractivity contribution is 5.87. The number of benzene rings is 4. The van der Waals surface area contributed by atoms with Crippen LogP contribution in [0, 0.1) is 0 Å². The van der Waals surface area contributed by atoms with Crippen LogP contribution in [0.15, 0.2) is 48.5 Å². The Balaban J connectivity index is 1.25. The summed E-state index contributed by atoms with van der Waals surface area (Å²) in [4.78, 5) is 4.70. The molecule has 2 atom stereocenters. The van der Waals surface area contributed by atoms with Gasteiger partial charge in [0.2, 0.25) is 5.75 Å². The molecule has 0 bridgehead atoms. The Labute approximate surface area is 275 Å². The van der Waals surface area contributed by atoms with Gasteiger partial charge in [0.05, 0.1) is 28.4 Å². The molecule has 9 nitrogen and oxygen atoms in total. The lowest BCUT2D eigenvalue weighted by Crippen LogP contribution is -2.35. The van der Waals surface area contributed by atoms with Gasteiger partial charge in [0.25, 0.3) is 0 Å². The van der Waals surface area contributed by atoms with Crippen molar-refractivity contribution < 1.29 is 33.9 Å². The average molecular weight is 639 g/mol. The molecule has 0 amide bonds. The zero-order valence-electron chi connectivity index (χ0n) is 27.8. The van der Waals surface area contributed by atoms with E-state index in [2.05, 4.69) is 42.1 Å². The van der Waals surface area contributed by atoms with Crippen molar-refractivity contribution >= 4 is 0 Å². The fourth-order valence-corrected chi connectivity index (χ4v) is 7.70. The molecule has 0 unspecified atom stereocenters. The van der Waals surface area contributed by atoms with Crippen molar-refractivity contribution in [3.05, 3.63) is 81.9 Å². The molecule has 0 radical (unpaired) electrons. The van der Waals surface area contributed by atoms with Gasteiger partial charge in [-0.15, -0.1) is 0 Å². The smallest absolute Gasteiger partial charge is 0.201 e. The predicted molar refractivity (Wildman–Crippen MR) is 180 cm³/mol. The summed E-state index contributed by atoms with van der Waals surface area (Å²) in [7, 11) is 10.7. The molecule has 2 heterocycles. The summed E-state index contributed by atoms with van der Waals surface area (Å²) in [6.45, 7) is 1.82. The van der Waals surface area contributed by atoms with E-state index in [9.17, 15) is 10.2 Å². The van der Waals surface area contributed by atoms with E-state index in [4.69, 9.17) is 23.7 Å². The van der Waals surface area contributed by atoms with E-state index in [0.717, 1.165) is 60.2 Å². The zero-order chi connectivity index (χ0) is 33.0. The lowest BCUT2D eigenvalue weighted by atomic mass is 9.76. The van der Waals surface area contributed by atoms with E-state index in [1.54, 1.807) is 28.4 Å².